The Labute approximate surface area is 155 Å². The second kappa shape index (κ2) is 7.17. The third-order valence-electron chi connectivity index (χ3n) is 5.08. The Morgan fingerprint density at radius 1 is 1.12 bits per heavy atom. The number of carbonyl (C=O) groups excluding carboxylic acids is 1. The van der Waals surface area contributed by atoms with E-state index in [4.69, 9.17) is 0 Å². The zero-order valence-electron chi connectivity index (χ0n) is 15.0. The van der Waals surface area contributed by atoms with Gasteiger partial charge in [-0.3, -0.25) is 4.79 Å². The lowest BCUT2D eigenvalue weighted by atomic mass is 9.85. The number of Topliss-reactive ketones (excluding diaryl/α,β-unsaturated/α-hetero) is 1. The molecule has 2 aromatic carbocycles. The average molecular weight is 369 g/mol. The first-order valence-corrected chi connectivity index (χ1v) is 10.1. The van der Waals surface area contributed by atoms with Gasteiger partial charge in [0.05, 0.1) is 10.9 Å². The Kier molecular flexibility index (Phi) is 5.12. The standard InChI is InChI=1S/C21H23NO3S/c1-4-19-20(16(3)23)14-22(21(19)17-8-6-5-7-9-17)26(24,25)18-12-10-15(2)11-13-18/h4-13,19-21H,1,14H2,2-3H3/t19-,20-,21-/m1/s1. The van der Waals surface area contributed by atoms with Crippen molar-refractivity contribution in [3.05, 3.63) is 78.4 Å². The Morgan fingerprint density at radius 3 is 2.27 bits per heavy atom. The molecule has 0 amide bonds. The third-order valence-corrected chi connectivity index (χ3v) is 6.94. The summed E-state index contributed by atoms with van der Waals surface area (Å²) < 4.78 is 28.1. The minimum absolute atomic E-state index is 0.0163. The predicted octanol–water partition coefficient (Wildman–Crippen LogP) is 3.75. The van der Waals surface area contributed by atoms with E-state index in [2.05, 4.69) is 6.58 Å². The van der Waals surface area contributed by atoms with Gasteiger partial charge in [0.1, 0.15) is 5.78 Å². The Bertz CT molecular complexity index is 904. The van der Waals surface area contributed by atoms with E-state index < -0.39 is 22.0 Å². The number of carbonyl (C=O) groups is 1. The van der Waals surface area contributed by atoms with Crippen molar-refractivity contribution in [1.29, 1.82) is 0 Å². The maximum Gasteiger partial charge on any atom is 0.243 e. The van der Waals surface area contributed by atoms with Crippen LogP contribution in [-0.4, -0.2) is 25.1 Å². The molecule has 1 aliphatic heterocycles. The molecule has 0 unspecified atom stereocenters. The Morgan fingerprint density at radius 2 is 1.73 bits per heavy atom. The largest absolute Gasteiger partial charge is 0.300 e. The van der Waals surface area contributed by atoms with Crippen LogP contribution >= 0.6 is 0 Å². The van der Waals surface area contributed by atoms with Gasteiger partial charge in [0.25, 0.3) is 0 Å². The highest BCUT2D eigenvalue weighted by Crippen LogP contribution is 2.44. The van der Waals surface area contributed by atoms with E-state index in [0.29, 0.717) is 0 Å². The quantitative estimate of drug-likeness (QED) is 0.754. The summed E-state index contributed by atoms with van der Waals surface area (Å²) in [5.41, 5.74) is 1.87. The molecule has 5 heteroatoms. The van der Waals surface area contributed by atoms with E-state index in [1.54, 1.807) is 30.3 Å². The van der Waals surface area contributed by atoms with Crippen LogP contribution < -0.4 is 0 Å². The molecule has 1 saturated heterocycles. The summed E-state index contributed by atoms with van der Waals surface area (Å²) in [6.07, 6.45) is 1.72. The minimum Gasteiger partial charge on any atom is -0.300 e. The summed E-state index contributed by atoms with van der Waals surface area (Å²) >= 11 is 0. The number of sulfonamides is 1. The zero-order valence-corrected chi connectivity index (χ0v) is 15.8. The summed E-state index contributed by atoms with van der Waals surface area (Å²) in [5, 5.41) is 0. The minimum atomic E-state index is -3.73. The van der Waals surface area contributed by atoms with Gasteiger partial charge in [-0.15, -0.1) is 6.58 Å². The second-order valence-corrected chi connectivity index (χ2v) is 8.66. The fourth-order valence-electron chi connectivity index (χ4n) is 3.67. The van der Waals surface area contributed by atoms with Crippen LogP contribution in [0.5, 0.6) is 0 Å². The summed E-state index contributed by atoms with van der Waals surface area (Å²) in [6, 6.07) is 15.8. The molecule has 0 aliphatic carbocycles. The van der Waals surface area contributed by atoms with Gasteiger partial charge in [0, 0.05) is 18.4 Å². The fourth-order valence-corrected chi connectivity index (χ4v) is 5.33. The van der Waals surface area contributed by atoms with Crippen LogP contribution in [0.1, 0.15) is 24.1 Å². The molecule has 26 heavy (non-hydrogen) atoms. The van der Waals surface area contributed by atoms with Crippen molar-refractivity contribution < 1.29 is 13.2 Å². The van der Waals surface area contributed by atoms with Crippen LogP contribution in [0.15, 0.2) is 72.1 Å². The van der Waals surface area contributed by atoms with Crippen molar-refractivity contribution in [2.24, 2.45) is 11.8 Å². The number of nitrogens with zero attached hydrogens (tertiary/aromatic N) is 1. The monoisotopic (exact) mass is 369 g/mol. The molecule has 3 rings (SSSR count). The molecule has 0 aromatic heterocycles. The van der Waals surface area contributed by atoms with Gasteiger partial charge in [-0.25, -0.2) is 8.42 Å². The molecule has 0 radical (unpaired) electrons. The van der Waals surface area contributed by atoms with Gasteiger partial charge in [0.15, 0.2) is 0 Å². The topological polar surface area (TPSA) is 54.5 Å². The lowest BCUT2D eigenvalue weighted by Crippen LogP contribution is -2.32. The molecule has 1 heterocycles. The van der Waals surface area contributed by atoms with E-state index in [-0.39, 0.29) is 23.1 Å². The van der Waals surface area contributed by atoms with Gasteiger partial charge >= 0.3 is 0 Å². The van der Waals surface area contributed by atoms with Gasteiger partial charge < -0.3 is 0 Å². The first-order valence-electron chi connectivity index (χ1n) is 8.62. The molecule has 3 atom stereocenters. The normalized spacial score (nSPS) is 23.7. The number of rotatable bonds is 5. The van der Waals surface area contributed by atoms with Crippen LogP contribution in [0.2, 0.25) is 0 Å². The van der Waals surface area contributed by atoms with Gasteiger partial charge in [-0.2, -0.15) is 4.31 Å². The molecular weight excluding hydrogens is 346 g/mol. The number of hydrogen-bond acceptors (Lipinski definition) is 3. The van der Waals surface area contributed by atoms with Gasteiger partial charge in [-0.05, 0) is 31.5 Å². The molecule has 0 spiro atoms. The smallest absolute Gasteiger partial charge is 0.243 e. The molecule has 0 bridgehead atoms. The molecule has 1 fully saturated rings. The van der Waals surface area contributed by atoms with Crippen molar-refractivity contribution in [3.63, 3.8) is 0 Å². The lowest BCUT2D eigenvalue weighted by molar-refractivity contribution is -0.121. The number of hydrogen-bond donors (Lipinski definition) is 0. The first kappa shape index (κ1) is 18.5. The zero-order chi connectivity index (χ0) is 18.9. The van der Waals surface area contributed by atoms with Gasteiger partial charge in [-0.1, -0.05) is 54.1 Å². The highest BCUT2D eigenvalue weighted by Gasteiger charge is 2.48. The SMILES string of the molecule is C=C[C@@H]1[C@@H](C(C)=O)CN(S(=O)(=O)c2ccc(C)cc2)[C@@H]1c1ccccc1. The molecule has 0 saturated carbocycles. The second-order valence-electron chi connectivity index (χ2n) is 6.77. The molecule has 1 aliphatic rings. The fraction of sp³-hybridized carbons (Fsp3) is 0.286. The third kappa shape index (κ3) is 3.24. The van der Waals surface area contributed by atoms with Crippen molar-refractivity contribution >= 4 is 15.8 Å². The highest BCUT2D eigenvalue weighted by atomic mass is 32.2. The highest BCUT2D eigenvalue weighted by molar-refractivity contribution is 7.89. The number of aryl methyl sites for hydroxylation is 1. The van der Waals surface area contributed by atoms with E-state index in [9.17, 15) is 13.2 Å². The van der Waals surface area contributed by atoms with Crippen LogP contribution in [0, 0.1) is 18.8 Å². The van der Waals surface area contributed by atoms with Crippen LogP contribution in [0.4, 0.5) is 0 Å². The van der Waals surface area contributed by atoms with E-state index in [0.717, 1.165) is 11.1 Å². The lowest BCUT2D eigenvalue weighted by Gasteiger charge is -2.27. The summed E-state index contributed by atoms with van der Waals surface area (Å²) in [4.78, 5) is 12.4. The van der Waals surface area contributed by atoms with E-state index in [1.165, 1.54) is 11.2 Å². The first-order chi connectivity index (χ1) is 12.4. The molecule has 2 aromatic rings. The molecular formula is C21H23NO3S. The van der Waals surface area contributed by atoms with Gasteiger partial charge in [0.2, 0.25) is 10.0 Å². The van der Waals surface area contributed by atoms with Crippen LogP contribution in [-0.2, 0) is 14.8 Å². The summed E-state index contributed by atoms with van der Waals surface area (Å²) in [5.74, 6) is -0.662. The van der Waals surface area contributed by atoms with Crippen molar-refractivity contribution in [2.75, 3.05) is 6.54 Å². The molecule has 136 valence electrons. The number of ketones is 1. The van der Waals surface area contributed by atoms with Crippen molar-refractivity contribution in [3.8, 4) is 0 Å². The predicted molar refractivity (Wildman–Crippen MR) is 102 cm³/mol. The number of benzene rings is 2. The van der Waals surface area contributed by atoms with Crippen molar-refractivity contribution in [2.45, 2.75) is 24.8 Å². The summed E-state index contributed by atoms with van der Waals surface area (Å²) in [6.45, 7) is 7.48. The maximum absolute atomic E-state index is 13.3. The molecule has 0 N–H and O–H groups in total. The van der Waals surface area contributed by atoms with Crippen molar-refractivity contribution in [1.82, 2.24) is 4.31 Å². The molecule has 4 nitrogen and oxygen atoms in total. The summed E-state index contributed by atoms with van der Waals surface area (Å²) in [7, 11) is -3.73. The van der Waals surface area contributed by atoms with E-state index in [1.807, 2.05) is 37.3 Å². The Hall–Kier alpha value is -2.24. The van der Waals surface area contributed by atoms with Crippen LogP contribution in [0.25, 0.3) is 0 Å². The van der Waals surface area contributed by atoms with Crippen LogP contribution in [0.3, 0.4) is 0 Å². The van der Waals surface area contributed by atoms with E-state index >= 15 is 0 Å². The maximum atomic E-state index is 13.3. The average Bonchev–Trinajstić information content (AvgIpc) is 3.03. The Balaban J connectivity index is 2.12.